The number of ether oxygens (including phenoxy) is 2. The number of nitrogens with zero attached hydrogens (tertiary/aromatic N) is 1. The zero-order valence-corrected chi connectivity index (χ0v) is 22.1. The number of benzene rings is 3. The van der Waals surface area contributed by atoms with Crippen LogP contribution < -0.4 is 9.47 Å². The molecule has 0 aliphatic heterocycles. The van der Waals surface area contributed by atoms with Crippen molar-refractivity contribution in [3.05, 3.63) is 94.6 Å². The van der Waals surface area contributed by atoms with Crippen LogP contribution in [0.15, 0.2) is 72.9 Å². The van der Waals surface area contributed by atoms with Gasteiger partial charge in [0.05, 0.1) is 23.8 Å². The van der Waals surface area contributed by atoms with Gasteiger partial charge in [0.25, 0.3) is 0 Å². The second kappa shape index (κ2) is 13.5. The highest BCUT2D eigenvalue weighted by molar-refractivity contribution is 6.32. The molecule has 1 aromatic heterocycles. The number of carboxylic acid groups (broad SMARTS) is 2. The number of hydrogen-bond donors (Lipinski definition) is 2. The number of carboxylic acids is 2. The summed E-state index contributed by atoms with van der Waals surface area (Å²) in [6.45, 7) is 0.841. The zero-order chi connectivity index (χ0) is 27.6. The third-order valence-corrected chi connectivity index (χ3v) is 6.45. The second-order valence-electron chi connectivity index (χ2n) is 9.05. The van der Waals surface area contributed by atoms with E-state index in [9.17, 15) is 14.7 Å². The average Bonchev–Trinajstić information content (AvgIpc) is 3.26. The molecule has 2 N–H and O–H groups in total. The van der Waals surface area contributed by atoms with Crippen molar-refractivity contribution < 1.29 is 29.3 Å². The summed E-state index contributed by atoms with van der Waals surface area (Å²) >= 11 is 6.09. The summed E-state index contributed by atoms with van der Waals surface area (Å²) in [6.07, 6.45) is 7.60. The SMILES string of the molecule is O=C(O)CCCc1cn(CC(=O)O)c2c(C=Cc3ccc(OCCCOc4ccccc4Cl)cc3)cccc12. The number of aryl methyl sites for hydroxylation is 1. The van der Waals surface area contributed by atoms with Crippen molar-refractivity contribution >= 4 is 46.6 Å². The quantitative estimate of drug-likeness (QED) is 0.133. The molecule has 0 aliphatic rings. The highest BCUT2D eigenvalue weighted by Crippen LogP contribution is 2.28. The molecular weight excluding hydrogens is 518 g/mol. The number of fused-ring (bicyclic) bond motifs is 1. The number of aromatic nitrogens is 1. The minimum absolute atomic E-state index is 0.0707. The standard InChI is InChI=1S/C31H30ClNO6/c32-27-9-1-2-10-28(27)39-19-5-18-38-25-16-13-22(14-17-25)12-15-23-6-3-8-26-24(7-4-11-29(34)35)20-33(31(23)26)21-30(36)37/h1-3,6,8-10,12-17,20H,4-5,7,11,18-19,21H2,(H,34,35)(H,36,37). The van der Waals surface area contributed by atoms with Crippen molar-refractivity contribution in [2.75, 3.05) is 13.2 Å². The molecule has 4 aromatic rings. The topological polar surface area (TPSA) is 98.0 Å². The number of carbonyl (C=O) groups is 2. The number of hydrogen-bond acceptors (Lipinski definition) is 4. The Kier molecular flexibility index (Phi) is 9.64. The van der Waals surface area contributed by atoms with E-state index in [1.54, 1.807) is 10.6 Å². The molecule has 0 fully saturated rings. The molecule has 202 valence electrons. The van der Waals surface area contributed by atoms with Crippen LogP contribution in [0.4, 0.5) is 0 Å². The summed E-state index contributed by atoms with van der Waals surface area (Å²) in [6, 6.07) is 20.9. The van der Waals surface area contributed by atoms with Gasteiger partial charge >= 0.3 is 11.9 Å². The lowest BCUT2D eigenvalue weighted by molar-refractivity contribution is -0.138. The summed E-state index contributed by atoms with van der Waals surface area (Å²) in [4.78, 5) is 22.4. The molecule has 0 atom stereocenters. The second-order valence-corrected chi connectivity index (χ2v) is 9.46. The van der Waals surface area contributed by atoms with E-state index in [-0.39, 0.29) is 13.0 Å². The highest BCUT2D eigenvalue weighted by atomic mass is 35.5. The molecule has 0 saturated carbocycles. The number of rotatable bonds is 14. The van der Waals surface area contributed by atoms with Gasteiger partial charge < -0.3 is 24.3 Å². The minimum Gasteiger partial charge on any atom is -0.493 e. The first-order valence-corrected chi connectivity index (χ1v) is 13.1. The van der Waals surface area contributed by atoms with Gasteiger partial charge in [0.2, 0.25) is 0 Å². The van der Waals surface area contributed by atoms with Crippen LogP contribution in [0.25, 0.3) is 23.1 Å². The van der Waals surface area contributed by atoms with Gasteiger partial charge in [-0.3, -0.25) is 9.59 Å². The van der Waals surface area contributed by atoms with Crippen LogP contribution in [0.2, 0.25) is 5.02 Å². The van der Waals surface area contributed by atoms with Crippen LogP contribution in [0.3, 0.4) is 0 Å². The normalized spacial score (nSPS) is 11.2. The lowest BCUT2D eigenvalue weighted by Gasteiger charge is -2.09. The lowest BCUT2D eigenvalue weighted by atomic mass is 10.0. The van der Waals surface area contributed by atoms with Crippen molar-refractivity contribution in [3.8, 4) is 11.5 Å². The Morgan fingerprint density at radius 2 is 1.62 bits per heavy atom. The largest absolute Gasteiger partial charge is 0.493 e. The summed E-state index contributed by atoms with van der Waals surface area (Å²) in [5, 5.41) is 19.9. The Bertz CT molecular complexity index is 1460. The fourth-order valence-corrected chi connectivity index (χ4v) is 4.54. The molecule has 0 saturated heterocycles. The number of aliphatic carboxylic acids is 2. The first-order chi connectivity index (χ1) is 18.9. The van der Waals surface area contributed by atoms with Gasteiger partial charge in [0.1, 0.15) is 18.0 Å². The predicted octanol–water partition coefficient (Wildman–Crippen LogP) is 6.80. The van der Waals surface area contributed by atoms with E-state index in [0.29, 0.717) is 43.2 Å². The van der Waals surface area contributed by atoms with E-state index >= 15 is 0 Å². The van der Waals surface area contributed by atoms with Gasteiger partial charge in [0.15, 0.2) is 0 Å². The number of para-hydroxylation sites is 2. The smallest absolute Gasteiger partial charge is 0.323 e. The average molecular weight is 548 g/mol. The molecule has 7 nitrogen and oxygen atoms in total. The molecule has 4 rings (SSSR count). The molecule has 3 aromatic carbocycles. The Morgan fingerprint density at radius 1 is 0.846 bits per heavy atom. The maximum atomic E-state index is 11.5. The Hall–Kier alpha value is -4.23. The summed E-state index contributed by atoms with van der Waals surface area (Å²) in [7, 11) is 0. The van der Waals surface area contributed by atoms with Crippen LogP contribution in [0, 0.1) is 0 Å². The zero-order valence-electron chi connectivity index (χ0n) is 21.4. The first kappa shape index (κ1) is 27.8. The molecule has 1 heterocycles. The number of halogens is 1. The molecule has 0 unspecified atom stereocenters. The molecule has 0 aliphatic carbocycles. The fraction of sp³-hybridized carbons (Fsp3) is 0.226. The maximum Gasteiger partial charge on any atom is 0.323 e. The third kappa shape index (κ3) is 7.88. The van der Waals surface area contributed by atoms with Gasteiger partial charge in [-0.05, 0) is 53.8 Å². The van der Waals surface area contributed by atoms with E-state index < -0.39 is 11.9 Å². The predicted molar refractivity (Wildman–Crippen MR) is 153 cm³/mol. The summed E-state index contributed by atoms with van der Waals surface area (Å²) in [5.74, 6) is -0.357. The van der Waals surface area contributed by atoms with Crippen molar-refractivity contribution in [3.63, 3.8) is 0 Å². The van der Waals surface area contributed by atoms with Crippen LogP contribution in [-0.4, -0.2) is 39.9 Å². The summed E-state index contributed by atoms with van der Waals surface area (Å²) < 4.78 is 13.2. The maximum absolute atomic E-state index is 11.5. The van der Waals surface area contributed by atoms with E-state index in [1.165, 1.54) is 0 Å². The Labute approximate surface area is 231 Å². The van der Waals surface area contributed by atoms with Gasteiger partial charge in [-0.1, -0.05) is 66.2 Å². The van der Waals surface area contributed by atoms with Crippen molar-refractivity contribution in [2.45, 2.75) is 32.2 Å². The van der Waals surface area contributed by atoms with Gasteiger partial charge in [-0.2, -0.15) is 0 Å². The molecule has 0 radical (unpaired) electrons. The van der Waals surface area contributed by atoms with Gasteiger partial charge in [-0.25, -0.2) is 0 Å². The van der Waals surface area contributed by atoms with Crippen LogP contribution >= 0.6 is 11.6 Å². The molecular formula is C31H30ClNO6. The fourth-order valence-electron chi connectivity index (χ4n) is 4.35. The van der Waals surface area contributed by atoms with Crippen LogP contribution in [-0.2, 0) is 22.6 Å². The summed E-state index contributed by atoms with van der Waals surface area (Å²) in [5.41, 5.74) is 3.62. The Morgan fingerprint density at radius 3 is 2.36 bits per heavy atom. The Balaban J connectivity index is 1.39. The molecule has 0 amide bonds. The molecule has 0 spiro atoms. The molecule has 8 heteroatoms. The van der Waals surface area contributed by atoms with Gasteiger partial charge in [-0.15, -0.1) is 0 Å². The van der Waals surface area contributed by atoms with Crippen LogP contribution in [0.1, 0.15) is 36.0 Å². The van der Waals surface area contributed by atoms with Crippen LogP contribution in [0.5, 0.6) is 11.5 Å². The van der Waals surface area contributed by atoms with E-state index in [1.807, 2.05) is 79.0 Å². The van der Waals surface area contributed by atoms with Gasteiger partial charge in [0, 0.05) is 24.4 Å². The minimum atomic E-state index is -0.936. The van der Waals surface area contributed by atoms with E-state index in [2.05, 4.69) is 0 Å². The van der Waals surface area contributed by atoms with E-state index in [4.69, 9.17) is 26.2 Å². The highest BCUT2D eigenvalue weighted by Gasteiger charge is 2.13. The lowest BCUT2D eigenvalue weighted by Crippen LogP contribution is -2.07. The van der Waals surface area contributed by atoms with Crippen molar-refractivity contribution in [1.29, 1.82) is 0 Å². The molecule has 39 heavy (non-hydrogen) atoms. The molecule has 0 bridgehead atoms. The first-order valence-electron chi connectivity index (χ1n) is 12.7. The third-order valence-electron chi connectivity index (χ3n) is 6.14. The van der Waals surface area contributed by atoms with Crippen molar-refractivity contribution in [1.82, 2.24) is 4.57 Å². The van der Waals surface area contributed by atoms with E-state index in [0.717, 1.165) is 33.3 Å². The van der Waals surface area contributed by atoms with Crippen molar-refractivity contribution in [2.24, 2.45) is 0 Å². The monoisotopic (exact) mass is 547 g/mol.